The monoisotopic (exact) mass is 412 g/mol. The molecule has 0 aliphatic rings. The number of rotatable bonds is 6. The summed E-state index contributed by atoms with van der Waals surface area (Å²) < 4.78 is 15.6. The molecule has 0 amide bonds. The summed E-state index contributed by atoms with van der Waals surface area (Å²) in [5, 5.41) is 9.59. The van der Waals surface area contributed by atoms with Crippen molar-refractivity contribution in [3.63, 3.8) is 0 Å². The van der Waals surface area contributed by atoms with E-state index in [1.54, 1.807) is 0 Å². The zero-order valence-electron chi connectivity index (χ0n) is 15.7. The third-order valence-corrected chi connectivity index (χ3v) is 4.72. The summed E-state index contributed by atoms with van der Waals surface area (Å²) in [6.45, 7) is 1.72. The molecule has 3 aromatic rings. The highest BCUT2D eigenvalue weighted by molar-refractivity contribution is 6.30. The maximum atomic E-state index is 13.4. The van der Waals surface area contributed by atoms with Gasteiger partial charge in [0.1, 0.15) is 12.4 Å². The molecule has 0 radical (unpaired) electrons. The molecule has 2 heterocycles. The van der Waals surface area contributed by atoms with Gasteiger partial charge in [0.2, 0.25) is 0 Å². The van der Waals surface area contributed by atoms with Gasteiger partial charge in [-0.05, 0) is 48.7 Å². The van der Waals surface area contributed by atoms with Crippen molar-refractivity contribution in [1.29, 1.82) is 5.26 Å². The number of halogens is 2. The number of hydrogen-bond acceptors (Lipinski definition) is 4. The molecule has 0 N–H and O–H groups in total. The summed E-state index contributed by atoms with van der Waals surface area (Å²) in [7, 11) is 0. The Morgan fingerprint density at radius 1 is 1.21 bits per heavy atom. The van der Waals surface area contributed by atoms with Crippen molar-refractivity contribution in [1.82, 2.24) is 14.1 Å². The van der Waals surface area contributed by atoms with Crippen LogP contribution >= 0.6 is 11.6 Å². The minimum Gasteiger partial charge on any atom is -0.279 e. The highest BCUT2D eigenvalue weighted by Crippen LogP contribution is 2.23. The Hall–Kier alpha value is -3.24. The molecule has 8 heteroatoms. The second kappa shape index (κ2) is 8.84. The van der Waals surface area contributed by atoms with Gasteiger partial charge < -0.3 is 0 Å². The Labute approximate surface area is 171 Å². The molecule has 3 rings (SSSR count). The summed E-state index contributed by atoms with van der Waals surface area (Å²) in [5.41, 5.74) is 0.261. The van der Waals surface area contributed by atoms with E-state index in [0.29, 0.717) is 29.7 Å². The van der Waals surface area contributed by atoms with Gasteiger partial charge >= 0.3 is 5.69 Å². The van der Waals surface area contributed by atoms with Crippen LogP contribution in [0.25, 0.3) is 16.9 Å². The minimum atomic E-state index is -0.680. The van der Waals surface area contributed by atoms with Crippen molar-refractivity contribution in [3.05, 3.63) is 80.0 Å². The number of pyridine rings is 1. The minimum absolute atomic E-state index is 0.225. The quantitative estimate of drug-likeness (QED) is 0.618. The van der Waals surface area contributed by atoms with Gasteiger partial charge in [0.15, 0.2) is 0 Å². The molecule has 148 valence electrons. The van der Waals surface area contributed by atoms with Crippen LogP contribution < -0.4 is 11.2 Å². The number of unbranched alkanes of at least 4 members (excludes halogenated alkanes) is 1. The van der Waals surface area contributed by atoms with E-state index in [9.17, 15) is 19.2 Å². The molecule has 2 aromatic heterocycles. The molecule has 6 nitrogen and oxygen atoms in total. The molecule has 1 aromatic carbocycles. The molecule has 0 saturated heterocycles. The smallest absolute Gasteiger partial charge is 0.279 e. The fraction of sp³-hybridized carbons (Fsp3) is 0.238. The maximum Gasteiger partial charge on any atom is 0.337 e. The van der Waals surface area contributed by atoms with E-state index in [-0.39, 0.29) is 17.3 Å². The molecular weight excluding hydrogens is 395 g/mol. The van der Waals surface area contributed by atoms with Gasteiger partial charge in [-0.25, -0.2) is 13.8 Å². The van der Waals surface area contributed by atoms with Gasteiger partial charge in [-0.1, -0.05) is 24.9 Å². The lowest BCUT2D eigenvalue weighted by Gasteiger charge is -2.18. The molecule has 0 fully saturated rings. The van der Waals surface area contributed by atoms with E-state index in [2.05, 4.69) is 4.98 Å². The van der Waals surface area contributed by atoms with E-state index in [0.717, 1.165) is 11.0 Å². The first kappa shape index (κ1) is 20.5. The topological polar surface area (TPSA) is 80.7 Å². The Kier molecular flexibility index (Phi) is 6.25. The fourth-order valence-electron chi connectivity index (χ4n) is 3.19. The van der Waals surface area contributed by atoms with E-state index >= 15 is 0 Å². The first-order valence-corrected chi connectivity index (χ1v) is 9.48. The first-order valence-electron chi connectivity index (χ1n) is 9.10. The molecule has 0 aliphatic heterocycles. The van der Waals surface area contributed by atoms with Crippen molar-refractivity contribution in [2.45, 2.75) is 32.7 Å². The van der Waals surface area contributed by atoms with Crippen LogP contribution in [0.3, 0.4) is 0 Å². The Morgan fingerprint density at radius 2 is 1.93 bits per heavy atom. The van der Waals surface area contributed by atoms with Crippen molar-refractivity contribution in [2.75, 3.05) is 0 Å². The molecule has 0 unspecified atom stereocenters. The van der Waals surface area contributed by atoms with Crippen LogP contribution in [-0.4, -0.2) is 14.1 Å². The van der Waals surface area contributed by atoms with Crippen LogP contribution in [0.1, 0.15) is 25.3 Å². The first-order chi connectivity index (χ1) is 14.0. The Morgan fingerprint density at radius 3 is 2.55 bits per heavy atom. The predicted molar refractivity (Wildman–Crippen MR) is 109 cm³/mol. The van der Waals surface area contributed by atoms with Crippen LogP contribution in [0.4, 0.5) is 4.39 Å². The van der Waals surface area contributed by atoms with Crippen LogP contribution in [-0.2, 0) is 13.0 Å². The van der Waals surface area contributed by atoms with E-state index < -0.39 is 17.1 Å². The second-order valence-electron chi connectivity index (χ2n) is 6.47. The zero-order chi connectivity index (χ0) is 21.0. The lowest BCUT2D eigenvalue weighted by atomic mass is 10.0. The molecular formula is C21H18ClFN4O2. The Balaban J connectivity index is 2.41. The second-order valence-corrected chi connectivity index (χ2v) is 6.90. The van der Waals surface area contributed by atoms with Crippen LogP contribution in [0.5, 0.6) is 0 Å². The van der Waals surface area contributed by atoms with Gasteiger partial charge in [-0.15, -0.1) is 0 Å². The van der Waals surface area contributed by atoms with Gasteiger partial charge in [0.25, 0.3) is 5.56 Å². The third kappa shape index (κ3) is 4.13. The van der Waals surface area contributed by atoms with Gasteiger partial charge in [0, 0.05) is 11.8 Å². The number of aromatic nitrogens is 3. The standard InChI is InChI=1S/C21H18ClFN4O2/c1-2-3-4-18-19(14-5-7-16(23)8-6-14)26(10-9-24)21(29)27(20(18)28)17-11-15(22)12-25-13-17/h5-8,11-13H,2-4,10H2,1H3. The van der Waals surface area contributed by atoms with Crippen LogP contribution in [0, 0.1) is 17.1 Å². The molecule has 0 atom stereocenters. The normalized spacial score (nSPS) is 10.7. The van der Waals surface area contributed by atoms with Crippen molar-refractivity contribution in [2.24, 2.45) is 0 Å². The highest BCUT2D eigenvalue weighted by Gasteiger charge is 2.21. The van der Waals surface area contributed by atoms with E-state index in [1.165, 1.54) is 47.3 Å². The van der Waals surface area contributed by atoms with Gasteiger partial charge in [0.05, 0.1) is 28.7 Å². The zero-order valence-corrected chi connectivity index (χ0v) is 16.5. The van der Waals surface area contributed by atoms with E-state index in [1.807, 2.05) is 13.0 Å². The lowest BCUT2D eigenvalue weighted by Crippen LogP contribution is -2.41. The molecule has 0 bridgehead atoms. The number of hydrogen-bond donors (Lipinski definition) is 0. The third-order valence-electron chi connectivity index (χ3n) is 4.51. The van der Waals surface area contributed by atoms with Gasteiger partial charge in [-0.2, -0.15) is 5.26 Å². The summed E-state index contributed by atoms with van der Waals surface area (Å²) in [4.78, 5) is 30.5. The number of nitriles is 1. The molecule has 29 heavy (non-hydrogen) atoms. The largest absolute Gasteiger partial charge is 0.337 e. The SMILES string of the molecule is CCCCc1c(-c2ccc(F)cc2)n(CC#N)c(=O)n(-c2cncc(Cl)c2)c1=O. The lowest BCUT2D eigenvalue weighted by molar-refractivity contribution is 0.627. The molecule has 0 aliphatic carbocycles. The average molecular weight is 413 g/mol. The van der Waals surface area contributed by atoms with Crippen molar-refractivity contribution in [3.8, 4) is 23.0 Å². The summed E-state index contributed by atoms with van der Waals surface area (Å²) >= 11 is 5.99. The summed E-state index contributed by atoms with van der Waals surface area (Å²) in [6, 6.07) is 8.95. The van der Waals surface area contributed by atoms with Gasteiger partial charge in [-0.3, -0.25) is 14.3 Å². The van der Waals surface area contributed by atoms with Crippen LogP contribution in [0.15, 0.2) is 52.3 Å². The number of benzene rings is 1. The van der Waals surface area contributed by atoms with Crippen LogP contribution in [0.2, 0.25) is 5.02 Å². The van der Waals surface area contributed by atoms with Crippen molar-refractivity contribution < 1.29 is 4.39 Å². The predicted octanol–water partition coefficient (Wildman–Crippen LogP) is 3.72. The fourth-order valence-corrected chi connectivity index (χ4v) is 3.36. The van der Waals surface area contributed by atoms with Crippen molar-refractivity contribution >= 4 is 11.6 Å². The summed E-state index contributed by atoms with van der Waals surface area (Å²) in [5.74, 6) is -0.434. The summed E-state index contributed by atoms with van der Waals surface area (Å²) in [6.07, 6.45) is 4.71. The highest BCUT2D eigenvalue weighted by atomic mass is 35.5. The maximum absolute atomic E-state index is 13.4. The molecule has 0 spiro atoms. The van der Waals surface area contributed by atoms with E-state index in [4.69, 9.17) is 11.6 Å². The average Bonchev–Trinajstić information content (AvgIpc) is 2.70. The molecule has 0 saturated carbocycles. The Bertz CT molecular complexity index is 1190. The number of nitrogens with zero attached hydrogens (tertiary/aromatic N) is 4.